The Morgan fingerprint density at radius 3 is 2.38 bits per heavy atom. The molecule has 0 radical (unpaired) electrons. The summed E-state index contributed by atoms with van der Waals surface area (Å²) in [5.74, 6) is 0.703. The first-order valence-corrected chi connectivity index (χ1v) is 6.26. The van der Waals surface area contributed by atoms with E-state index < -0.39 is 11.7 Å². The van der Waals surface area contributed by atoms with Gasteiger partial charge in [0.1, 0.15) is 0 Å². The maximum atomic E-state index is 10.5. The van der Waals surface area contributed by atoms with Crippen LogP contribution in [0.25, 0.3) is 0 Å². The third-order valence-electron chi connectivity index (χ3n) is 4.41. The third kappa shape index (κ3) is 2.67. The lowest BCUT2D eigenvalue weighted by molar-refractivity contribution is -0.0900. The molecule has 0 amide bonds. The van der Waals surface area contributed by atoms with Crippen LogP contribution in [0.3, 0.4) is 0 Å². The van der Waals surface area contributed by atoms with Crippen molar-refractivity contribution in [3.8, 4) is 0 Å². The van der Waals surface area contributed by atoms with Crippen LogP contribution in [0.5, 0.6) is 0 Å². The van der Waals surface area contributed by atoms with Crippen molar-refractivity contribution in [3.05, 3.63) is 12.2 Å². The Balaban J connectivity index is 2.96. The fraction of sp³-hybridized carbons (Fsp3) is 0.857. The molecule has 0 heterocycles. The zero-order valence-corrected chi connectivity index (χ0v) is 11.2. The maximum absolute atomic E-state index is 10.5. The number of hydrogen-bond acceptors (Lipinski definition) is 2. The van der Waals surface area contributed by atoms with Gasteiger partial charge in [0, 0.05) is 5.92 Å². The van der Waals surface area contributed by atoms with Crippen LogP contribution in [0.2, 0.25) is 0 Å². The fourth-order valence-corrected chi connectivity index (χ4v) is 2.87. The van der Waals surface area contributed by atoms with Gasteiger partial charge in [-0.1, -0.05) is 32.9 Å². The molecule has 1 aliphatic rings. The minimum atomic E-state index is -0.651. The first-order valence-electron chi connectivity index (χ1n) is 6.26. The molecule has 0 unspecified atom stereocenters. The van der Waals surface area contributed by atoms with Gasteiger partial charge in [-0.25, -0.2) is 0 Å². The van der Waals surface area contributed by atoms with Gasteiger partial charge in [-0.05, 0) is 38.0 Å². The lowest BCUT2D eigenvalue weighted by Crippen LogP contribution is -2.49. The van der Waals surface area contributed by atoms with Gasteiger partial charge in [0.25, 0.3) is 0 Å². The standard InChI is InChI=1S/C14H26O2/c1-10-8-9-14(5,16)12(13(10,3)4)7-6-11(2)15/h6-7,10-12,15-16H,8-9H2,1-5H3/b7-6+/t10-,11+,12+,14-/m1/s1. The van der Waals surface area contributed by atoms with Crippen molar-refractivity contribution in [2.24, 2.45) is 17.3 Å². The Morgan fingerprint density at radius 1 is 1.31 bits per heavy atom. The highest BCUT2D eigenvalue weighted by Crippen LogP contribution is 2.50. The second-order valence-electron chi connectivity index (χ2n) is 6.22. The van der Waals surface area contributed by atoms with E-state index in [2.05, 4.69) is 20.8 Å². The molecule has 0 aromatic heterocycles. The zero-order valence-electron chi connectivity index (χ0n) is 11.2. The Kier molecular flexibility index (Phi) is 3.86. The summed E-state index contributed by atoms with van der Waals surface area (Å²) in [5, 5.41) is 19.8. The smallest absolute Gasteiger partial charge is 0.0692 e. The van der Waals surface area contributed by atoms with E-state index in [-0.39, 0.29) is 11.3 Å². The highest BCUT2D eigenvalue weighted by molar-refractivity contribution is 5.09. The molecule has 2 heteroatoms. The average molecular weight is 226 g/mol. The highest BCUT2D eigenvalue weighted by atomic mass is 16.3. The molecule has 0 spiro atoms. The largest absolute Gasteiger partial charge is 0.390 e. The molecular formula is C14H26O2. The molecule has 16 heavy (non-hydrogen) atoms. The Labute approximate surface area is 99.4 Å². The molecule has 4 atom stereocenters. The molecule has 0 bridgehead atoms. The molecule has 2 nitrogen and oxygen atoms in total. The molecule has 2 N–H and O–H groups in total. The summed E-state index contributed by atoms with van der Waals surface area (Å²) in [5.41, 5.74) is -0.575. The first kappa shape index (κ1) is 13.7. The summed E-state index contributed by atoms with van der Waals surface area (Å²) in [4.78, 5) is 0. The predicted molar refractivity (Wildman–Crippen MR) is 67.1 cm³/mol. The summed E-state index contributed by atoms with van der Waals surface area (Å²) >= 11 is 0. The lowest BCUT2D eigenvalue weighted by atomic mass is 9.57. The van der Waals surface area contributed by atoms with Gasteiger partial charge in [-0.15, -0.1) is 0 Å². The van der Waals surface area contributed by atoms with Crippen LogP contribution in [-0.4, -0.2) is 21.9 Å². The van der Waals surface area contributed by atoms with Gasteiger partial charge in [-0.2, -0.15) is 0 Å². The van der Waals surface area contributed by atoms with Crippen molar-refractivity contribution < 1.29 is 10.2 Å². The second kappa shape index (κ2) is 4.50. The molecule has 1 aliphatic carbocycles. The fourth-order valence-electron chi connectivity index (χ4n) is 2.87. The van der Waals surface area contributed by atoms with Crippen molar-refractivity contribution in [1.29, 1.82) is 0 Å². The van der Waals surface area contributed by atoms with Crippen molar-refractivity contribution in [1.82, 2.24) is 0 Å². The minimum absolute atomic E-state index is 0.0765. The molecule has 1 saturated carbocycles. The number of rotatable bonds is 2. The van der Waals surface area contributed by atoms with E-state index in [0.717, 1.165) is 12.8 Å². The van der Waals surface area contributed by atoms with E-state index in [1.807, 2.05) is 13.0 Å². The maximum Gasteiger partial charge on any atom is 0.0692 e. The van der Waals surface area contributed by atoms with Gasteiger partial charge in [0.05, 0.1) is 11.7 Å². The quantitative estimate of drug-likeness (QED) is 0.711. The van der Waals surface area contributed by atoms with Crippen LogP contribution in [-0.2, 0) is 0 Å². The summed E-state index contributed by atoms with van der Waals surface area (Å²) in [6.07, 6.45) is 5.26. The normalized spacial score (nSPS) is 41.2. The van der Waals surface area contributed by atoms with Crippen molar-refractivity contribution in [2.45, 2.75) is 59.2 Å². The minimum Gasteiger partial charge on any atom is -0.390 e. The number of aliphatic hydroxyl groups is 2. The van der Waals surface area contributed by atoms with Crippen molar-refractivity contribution in [3.63, 3.8) is 0 Å². The van der Waals surface area contributed by atoms with Crippen molar-refractivity contribution >= 4 is 0 Å². The summed E-state index contributed by atoms with van der Waals surface area (Å²) < 4.78 is 0. The third-order valence-corrected chi connectivity index (χ3v) is 4.41. The highest BCUT2D eigenvalue weighted by Gasteiger charge is 2.47. The molecular weight excluding hydrogens is 200 g/mol. The average Bonchev–Trinajstić information content (AvgIpc) is 2.11. The van der Waals surface area contributed by atoms with Crippen LogP contribution in [0.15, 0.2) is 12.2 Å². The lowest BCUT2D eigenvalue weighted by Gasteiger charge is -2.50. The van der Waals surface area contributed by atoms with E-state index in [1.165, 1.54) is 0 Å². The monoisotopic (exact) mass is 226 g/mol. The molecule has 1 rings (SSSR count). The Hall–Kier alpha value is -0.340. The first-order chi connectivity index (χ1) is 7.18. The number of hydrogen-bond donors (Lipinski definition) is 2. The molecule has 0 aromatic carbocycles. The van der Waals surface area contributed by atoms with E-state index in [4.69, 9.17) is 0 Å². The topological polar surface area (TPSA) is 40.5 Å². The molecule has 1 fully saturated rings. The van der Waals surface area contributed by atoms with Gasteiger partial charge in [0.2, 0.25) is 0 Å². The second-order valence-corrected chi connectivity index (χ2v) is 6.22. The summed E-state index contributed by atoms with van der Waals surface area (Å²) in [6.45, 7) is 10.3. The predicted octanol–water partition coefficient (Wildman–Crippen LogP) is 2.75. The van der Waals surface area contributed by atoms with Crippen LogP contribution >= 0.6 is 0 Å². The van der Waals surface area contributed by atoms with E-state index in [1.54, 1.807) is 13.0 Å². The molecule has 0 aliphatic heterocycles. The number of aliphatic hydroxyl groups excluding tert-OH is 1. The summed E-state index contributed by atoms with van der Waals surface area (Å²) in [6, 6.07) is 0. The van der Waals surface area contributed by atoms with E-state index in [0.29, 0.717) is 5.92 Å². The Bertz CT molecular complexity index is 264. The van der Waals surface area contributed by atoms with E-state index in [9.17, 15) is 10.2 Å². The van der Waals surface area contributed by atoms with Crippen molar-refractivity contribution in [2.75, 3.05) is 0 Å². The molecule has 0 aromatic rings. The summed E-state index contributed by atoms with van der Waals surface area (Å²) in [7, 11) is 0. The van der Waals surface area contributed by atoms with Crippen LogP contribution in [0, 0.1) is 17.3 Å². The Morgan fingerprint density at radius 2 is 1.88 bits per heavy atom. The van der Waals surface area contributed by atoms with Gasteiger partial charge >= 0.3 is 0 Å². The SMILES string of the molecule is C[C@H](O)/C=C/[C@H]1C(C)(C)[C@H](C)CC[C@@]1(C)O. The molecule has 94 valence electrons. The van der Waals surface area contributed by atoms with Crippen LogP contribution < -0.4 is 0 Å². The van der Waals surface area contributed by atoms with Gasteiger partial charge in [-0.3, -0.25) is 0 Å². The molecule has 0 saturated heterocycles. The van der Waals surface area contributed by atoms with Crippen LogP contribution in [0.4, 0.5) is 0 Å². The van der Waals surface area contributed by atoms with Crippen LogP contribution in [0.1, 0.15) is 47.5 Å². The van der Waals surface area contributed by atoms with E-state index >= 15 is 0 Å². The van der Waals surface area contributed by atoms with Gasteiger partial charge in [0.15, 0.2) is 0 Å². The van der Waals surface area contributed by atoms with Gasteiger partial charge < -0.3 is 10.2 Å². The zero-order chi connectivity index (χ0) is 12.6.